The molecule has 0 aliphatic carbocycles. The molecule has 0 unspecified atom stereocenters. The standard InChI is InChI=1S/C16H14IN3O/c1-21-14-9-7-13(8-10-14)15-16(17)20(19-18-15)11-12-5-3-2-4-6-12/h2-10H,11H2,1H3. The van der Waals surface area contributed by atoms with Crippen LogP contribution in [-0.2, 0) is 6.54 Å². The van der Waals surface area contributed by atoms with E-state index in [1.165, 1.54) is 5.56 Å². The highest BCUT2D eigenvalue weighted by Gasteiger charge is 2.12. The van der Waals surface area contributed by atoms with E-state index in [2.05, 4.69) is 45.0 Å². The highest BCUT2D eigenvalue weighted by atomic mass is 127. The Balaban J connectivity index is 1.88. The minimum Gasteiger partial charge on any atom is -0.497 e. The van der Waals surface area contributed by atoms with Gasteiger partial charge in [-0.25, -0.2) is 4.68 Å². The van der Waals surface area contributed by atoms with Crippen molar-refractivity contribution < 1.29 is 4.74 Å². The molecule has 106 valence electrons. The second-order valence-electron chi connectivity index (χ2n) is 4.60. The van der Waals surface area contributed by atoms with Gasteiger partial charge in [0.05, 0.1) is 13.7 Å². The van der Waals surface area contributed by atoms with Crippen LogP contribution < -0.4 is 4.74 Å². The summed E-state index contributed by atoms with van der Waals surface area (Å²) in [5.74, 6) is 0.838. The molecule has 0 saturated carbocycles. The molecule has 1 aromatic heterocycles. The van der Waals surface area contributed by atoms with E-state index in [0.717, 1.165) is 27.3 Å². The summed E-state index contributed by atoms with van der Waals surface area (Å²) in [5.41, 5.74) is 3.15. The molecule has 0 aliphatic heterocycles. The van der Waals surface area contributed by atoms with Crippen LogP contribution in [0.5, 0.6) is 5.75 Å². The van der Waals surface area contributed by atoms with Gasteiger partial charge in [0.2, 0.25) is 0 Å². The molecule has 0 saturated heterocycles. The third-order valence-electron chi connectivity index (χ3n) is 3.21. The zero-order valence-electron chi connectivity index (χ0n) is 11.5. The fraction of sp³-hybridized carbons (Fsp3) is 0.125. The maximum Gasteiger partial charge on any atom is 0.127 e. The molecule has 4 nitrogen and oxygen atoms in total. The van der Waals surface area contributed by atoms with Crippen molar-refractivity contribution in [1.82, 2.24) is 15.0 Å². The van der Waals surface area contributed by atoms with Crippen LogP contribution in [0.3, 0.4) is 0 Å². The van der Waals surface area contributed by atoms with E-state index in [1.54, 1.807) is 7.11 Å². The Hall–Kier alpha value is -1.89. The van der Waals surface area contributed by atoms with E-state index < -0.39 is 0 Å². The summed E-state index contributed by atoms with van der Waals surface area (Å²) in [6.07, 6.45) is 0. The summed E-state index contributed by atoms with van der Waals surface area (Å²) in [4.78, 5) is 0. The Morgan fingerprint density at radius 2 is 1.76 bits per heavy atom. The number of hydrogen-bond acceptors (Lipinski definition) is 3. The number of benzene rings is 2. The Kier molecular flexibility index (Phi) is 4.19. The zero-order valence-corrected chi connectivity index (χ0v) is 13.7. The van der Waals surface area contributed by atoms with Crippen molar-refractivity contribution in [2.24, 2.45) is 0 Å². The molecule has 3 rings (SSSR count). The van der Waals surface area contributed by atoms with Gasteiger partial charge in [0.1, 0.15) is 15.1 Å². The molecule has 2 aromatic carbocycles. The highest BCUT2D eigenvalue weighted by Crippen LogP contribution is 2.25. The quantitative estimate of drug-likeness (QED) is 0.638. The van der Waals surface area contributed by atoms with Crippen molar-refractivity contribution in [2.45, 2.75) is 6.54 Å². The predicted octanol–water partition coefficient (Wildman–Crippen LogP) is 3.61. The van der Waals surface area contributed by atoms with Gasteiger partial charge in [-0.05, 0) is 52.4 Å². The molecule has 3 aromatic rings. The normalized spacial score (nSPS) is 10.6. The summed E-state index contributed by atoms with van der Waals surface area (Å²) in [6, 6.07) is 18.1. The minimum absolute atomic E-state index is 0.724. The third-order valence-corrected chi connectivity index (χ3v) is 4.28. The van der Waals surface area contributed by atoms with Gasteiger partial charge >= 0.3 is 0 Å². The molecule has 0 spiro atoms. The Bertz CT molecular complexity index is 723. The first-order valence-electron chi connectivity index (χ1n) is 6.55. The smallest absolute Gasteiger partial charge is 0.127 e. The first-order chi connectivity index (χ1) is 10.3. The topological polar surface area (TPSA) is 39.9 Å². The number of hydrogen-bond donors (Lipinski definition) is 0. The van der Waals surface area contributed by atoms with E-state index in [1.807, 2.05) is 47.1 Å². The van der Waals surface area contributed by atoms with E-state index in [4.69, 9.17) is 4.74 Å². The zero-order chi connectivity index (χ0) is 14.7. The van der Waals surface area contributed by atoms with Crippen molar-refractivity contribution in [3.05, 3.63) is 63.9 Å². The molecule has 21 heavy (non-hydrogen) atoms. The summed E-state index contributed by atoms with van der Waals surface area (Å²) in [7, 11) is 1.66. The fourth-order valence-corrected chi connectivity index (χ4v) is 2.77. The molecule has 0 amide bonds. The van der Waals surface area contributed by atoms with Crippen molar-refractivity contribution in [1.29, 1.82) is 0 Å². The average molecular weight is 391 g/mol. The third kappa shape index (κ3) is 3.07. The SMILES string of the molecule is COc1ccc(-c2nnn(Cc3ccccc3)c2I)cc1. The van der Waals surface area contributed by atoms with Crippen LogP contribution in [0.4, 0.5) is 0 Å². The molecule has 0 fully saturated rings. The summed E-state index contributed by atoms with van der Waals surface area (Å²) >= 11 is 2.29. The molecule has 0 radical (unpaired) electrons. The number of halogens is 1. The molecule has 0 N–H and O–H groups in total. The second-order valence-corrected chi connectivity index (χ2v) is 5.62. The Labute approximate surface area is 136 Å². The van der Waals surface area contributed by atoms with Crippen molar-refractivity contribution in [2.75, 3.05) is 7.11 Å². The van der Waals surface area contributed by atoms with Crippen molar-refractivity contribution in [3.8, 4) is 17.0 Å². The maximum atomic E-state index is 5.18. The molecule has 0 aliphatic rings. The van der Waals surface area contributed by atoms with Crippen LogP contribution >= 0.6 is 22.6 Å². The van der Waals surface area contributed by atoms with Crippen LogP contribution in [0.25, 0.3) is 11.3 Å². The Morgan fingerprint density at radius 3 is 2.43 bits per heavy atom. The maximum absolute atomic E-state index is 5.18. The number of methoxy groups -OCH3 is 1. The van der Waals surface area contributed by atoms with Crippen LogP contribution in [-0.4, -0.2) is 22.1 Å². The number of rotatable bonds is 4. The molecular formula is C16H14IN3O. The van der Waals surface area contributed by atoms with Crippen molar-refractivity contribution >= 4 is 22.6 Å². The monoisotopic (exact) mass is 391 g/mol. The number of aromatic nitrogens is 3. The fourth-order valence-electron chi connectivity index (χ4n) is 2.08. The number of ether oxygens (including phenoxy) is 1. The molecular weight excluding hydrogens is 377 g/mol. The Morgan fingerprint density at radius 1 is 1.05 bits per heavy atom. The van der Waals surface area contributed by atoms with E-state index >= 15 is 0 Å². The lowest BCUT2D eigenvalue weighted by molar-refractivity contribution is 0.415. The van der Waals surface area contributed by atoms with Gasteiger partial charge in [0.15, 0.2) is 0 Å². The lowest BCUT2D eigenvalue weighted by atomic mass is 10.1. The summed E-state index contributed by atoms with van der Waals surface area (Å²) in [6.45, 7) is 0.724. The summed E-state index contributed by atoms with van der Waals surface area (Å²) < 4.78 is 8.12. The highest BCUT2D eigenvalue weighted by molar-refractivity contribution is 14.1. The lowest BCUT2D eigenvalue weighted by Gasteiger charge is -2.03. The van der Waals surface area contributed by atoms with Crippen LogP contribution in [0, 0.1) is 3.70 Å². The predicted molar refractivity (Wildman–Crippen MR) is 90.3 cm³/mol. The van der Waals surface area contributed by atoms with Gasteiger partial charge in [-0.15, -0.1) is 5.10 Å². The van der Waals surface area contributed by atoms with Gasteiger partial charge in [0.25, 0.3) is 0 Å². The minimum atomic E-state index is 0.724. The second kappa shape index (κ2) is 6.26. The van der Waals surface area contributed by atoms with E-state index in [9.17, 15) is 0 Å². The van der Waals surface area contributed by atoms with Gasteiger partial charge < -0.3 is 4.74 Å². The molecule has 5 heteroatoms. The van der Waals surface area contributed by atoms with Gasteiger partial charge in [-0.1, -0.05) is 35.5 Å². The first-order valence-corrected chi connectivity index (χ1v) is 7.63. The largest absolute Gasteiger partial charge is 0.497 e. The molecule has 0 atom stereocenters. The molecule has 1 heterocycles. The average Bonchev–Trinajstić information content (AvgIpc) is 2.89. The summed E-state index contributed by atoms with van der Waals surface area (Å²) in [5, 5.41) is 8.56. The van der Waals surface area contributed by atoms with Crippen LogP contribution in [0.15, 0.2) is 54.6 Å². The van der Waals surface area contributed by atoms with Crippen LogP contribution in [0.1, 0.15) is 5.56 Å². The van der Waals surface area contributed by atoms with E-state index in [-0.39, 0.29) is 0 Å². The molecule has 0 bridgehead atoms. The lowest BCUT2D eigenvalue weighted by Crippen LogP contribution is -2.03. The van der Waals surface area contributed by atoms with Crippen molar-refractivity contribution in [3.63, 3.8) is 0 Å². The van der Waals surface area contributed by atoms with E-state index in [0.29, 0.717) is 0 Å². The first kappa shape index (κ1) is 14.1. The number of nitrogens with zero attached hydrogens (tertiary/aromatic N) is 3. The van der Waals surface area contributed by atoms with Gasteiger partial charge in [-0.2, -0.15) is 0 Å². The van der Waals surface area contributed by atoms with Crippen LogP contribution in [0.2, 0.25) is 0 Å². The van der Waals surface area contributed by atoms with Gasteiger partial charge in [-0.3, -0.25) is 0 Å². The van der Waals surface area contributed by atoms with Gasteiger partial charge in [0, 0.05) is 5.56 Å².